The van der Waals surface area contributed by atoms with Gasteiger partial charge in [0.05, 0.1) is 5.70 Å². The molecule has 0 saturated heterocycles. The fraction of sp³-hybridized carbons (Fsp3) is 0.526. The minimum absolute atomic E-state index is 0.106. The van der Waals surface area contributed by atoms with Crippen molar-refractivity contribution in [2.24, 2.45) is 0 Å². The molecule has 0 spiro atoms. The van der Waals surface area contributed by atoms with Gasteiger partial charge in [-0.15, -0.1) is 0 Å². The molecule has 128 valence electrons. The maximum Gasteiger partial charge on any atom is 0.123 e. The summed E-state index contributed by atoms with van der Waals surface area (Å²) >= 11 is 0. The molecule has 0 fully saturated rings. The first-order valence-corrected chi connectivity index (χ1v) is 10.8. The maximum absolute atomic E-state index is 10.9. The first kappa shape index (κ1) is 18.5. The van der Waals surface area contributed by atoms with E-state index in [4.69, 9.17) is 0 Å². The molecule has 2 N–H and O–H groups in total. The van der Waals surface area contributed by atoms with Crippen LogP contribution in [0.1, 0.15) is 71.6 Å². The van der Waals surface area contributed by atoms with Crippen molar-refractivity contribution in [2.45, 2.75) is 65.7 Å². The van der Waals surface area contributed by atoms with Crippen LogP contribution in [0.25, 0.3) is 5.70 Å². The largest absolute Gasteiger partial charge is 0.507 e. The average Bonchev–Trinajstić information content (AvgIpc) is 2.77. The minimum atomic E-state index is -0.114. The van der Waals surface area contributed by atoms with E-state index in [9.17, 15) is 5.11 Å². The number of benzene rings is 1. The summed E-state index contributed by atoms with van der Waals surface area (Å²) in [4.78, 5) is 1.36. The van der Waals surface area contributed by atoms with Crippen molar-refractivity contribution in [3.8, 4) is 5.75 Å². The molecule has 2 nitrogen and oxygen atoms in total. The first-order chi connectivity index (χ1) is 10.4. The van der Waals surface area contributed by atoms with Gasteiger partial charge in [0.25, 0.3) is 0 Å². The fourth-order valence-electron chi connectivity index (χ4n) is 2.73. The van der Waals surface area contributed by atoms with Crippen LogP contribution in [0.2, 0.25) is 0 Å². The summed E-state index contributed by atoms with van der Waals surface area (Å²) in [6, 6.07) is 4.29. The Bertz CT molecular complexity index is 641. The molecule has 0 saturated carbocycles. The second kappa shape index (κ2) is 6.21. The van der Waals surface area contributed by atoms with E-state index in [-0.39, 0.29) is 20.5 Å². The molecule has 1 aliphatic rings. The van der Waals surface area contributed by atoms with Crippen LogP contribution in [0, 0.1) is 0 Å². The lowest BCUT2D eigenvalue weighted by Gasteiger charge is -2.28. The summed E-state index contributed by atoms with van der Waals surface area (Å²) in [5, 5.41) is 10.9. The quantitative estimate of drug-likeness (QED) is 0.511. The normalized spacial score (nSPS) is 19.2. The van der Waals surface area contributed by atoms with Crippen molar-refractivity contribution < 1.29 is 5.11 Å². The molecule has 0 radical (unpaired) electrons. The Hall–Kier alpha value is -0.870. The molecular formula is C19H29NOS2. The Morgan fingerprint density at radius 3 is 1.96 bits per heavy atom. The zero-order chi connectivity index (χ0) is 17.6. The summed E-state index contributed by atoms with van der Waals surface area (Å²) < 4.78 is 3.53. The summed E-state index contributed by atoms with van der Waals surface area (Å²) in [6.45, 7) is 15.1. The monoisotopic (exact) mass is 351 g/mol. The van der Waals surface area contributed by atoms with Crippen LogP contribution in [-0.2, 0) is 10.8 Å². The van der Waals surface area contributed by atoms with E-state index in [1.807, 2.05) is 10.8 Å². The number of allylic oxidation sites excluding steroid dienone is 1. The SMILES string of the molecule is C=S1NC(c2cc(C(C)(C)C)c(O)c(C(C)(C)C)c2)=C(CC)S1. The van der Waals surface area contributed by atoms with Crippen molar-refractivity contribution in [1.82, 2.24) is 4.72 Å². The highest BCUT2D eigenvalue weighted by molar-refractivity contribution is 8.84. The van der Waals surface area contributed by atoms with Crippen molar-refractivity contribution in [3.63, 3.8) is 0 Å². The predicted octanol–water partition coefficient (Wildman–Crippen LogP) is 5.93. The van der Waals surface area contributed by atoms with Crippen molar-refractivity contribution >= 4 is 32.1 Å². The Labute approximate surface area is 147 Å². The molecule has 0 bridgehead atoms. The molecule has 0 aromatic heterocycles. The third kappa shape index (κ3) is 3.80. The van der Waals surface area contributed by atoms with E-state index in [1.54, 1.807) is 0 Å². The molecule has 1 aliphatic heterocycles. The van der Waals surface area contributed by atoms with Gasteiger partial charge in [-0.25, -0.2) is 0 Å². The highest BCUT2D eigenvalue weighted by Crippen LogP contribution is 2.48. The van der Waals surface area contributed by atoms with Crippen LogP contribution >= 0.6 is 20.5 Å². The average molecular weight is 352 g/mol. The van der Waals surface area contributed by atoms with Gasteiger partial charge in [-0.2, -0.15) is 0 Å². The summed E-state index contributed by atoms with van der Waals surface area (Å²) in [5.41, 5.74) is 4.15. The van der Waals surface area contributed by atoms with Gasteiger partial charge in [0, 0.05) is 21.6 Å². The lowest BCUT2D eigenvalue weighted by Crippen LogP contribution is -2.18. The van der Waals surface area contributed by atoms with E-state index >= 15 is 0 Å². The third-order valence-electron chi connectivity index (χ3n) is 4.03. The number of phenolic OH excluding ortho intramolecular Hbond substituents is 1. The van der Waals surface area contributed by atoms with Crippen molar-refractivity contribution in [2.75, 3.05) is 0 Å². The highest BCUT2D eigenvalue weighted by atomic mass is 33.1. The second-order valence-corrected chi connectivity index (χ2v) is 11.4. The number of hydrogen-bond acceptors (Lipinski definition) is 3. The lowest BCUT2D eigenvalue weighted by molar-refractivity contribution is 0.423. The molecule has 0 aliphatic carbocycles. The zero-order valence-electron chi connectivity index (χ0n) is 15.3. The first-order valence-electron chi connectivity index (χ1n) is 8.05. The summed E-state index contributed by atoms with van der Waals surface area (Å²) in [6.07, 6.45) is 1.00. The number of nitrogens with one attached hydrogen (secondary N) is 1. The second-order valence-electron chi connectivity index (χ2n) is 8.10. The van der Waals surface area contributed by atoms with Gasteiger partial charge in [-0.3, -0.25) is 0 Å². The maximum atomic E-state index is 10.9. The molecule has 1 atom stereocenters. The third-order valence-corrected chi connectivity index (χ3v) is 6.82. The van der Waals surface area contributed by atoms with E-state index in [0.717, 1.165) is 17.5 Å². The summed E-state index contributed by atoms with van der Waals surface area (Å²) in [5.74, 6) is 4.60. The standard InChI is InChI=1S/C19H29NOS2/c1-9-15-16(20-23(8)22-15)12-10-13(18(2,3)4)17(21)14(11-12)19(5,6)7/h10-11,20-21H,8-9H2,1-7H3. The van der Waals surface area contributed by atoms with Gasteiger partial charge in [0.1, 0.15) is 5.75 Å². The molecule has 1 heterocycles. The van der Waals surface area contributed by atoms with E-state index in [0.29, 0.717) is 5.75 Å². The van der Waals surface area contributed by atoms with Gasteiger partial charge in [0.15, 0.2) is 0 Å². The van der Waals surface area contributed by atoms with Crippen molar-refractivity contribution in [1.29, 1.82) is 0 Å². The van der Waals surface area contributed by atoms with Crippen LogP contribution in [0.3, 0.4) is 0 Å². The number of phenols is 1. The van der Waals surface area contributed by atoms with E-state index in [1.165, 1.54) is 16.2 Å². The van der Waals surface area contributed by atoms with Gasteiger partial charge in [-0.05, 0) is 55.7 Å². The molecule has 4 heteroatoms. The van der Waals surface area contributed by atoms with Gasteiger partial charge in [0.2, 0.25) is 0 Å². The molecule has 1 aromatic carbocycles. The molecular weight excluding hydrogens is 322 g/mol. The highest BCUT2D eigenvalue weighted by Gasteiger charge is 2.28. The Morgan fingerprint density at radius 1 is 1.09 bits per heavy atom. The molecule has 0 amide bonds. The van der Waals surface area contributed by atoms with Gasteiger partial charge >= 0.3 is 0 Å². The molecule has 1 aromatic rings. The van der Waals surface area contributed by atoms with Crippen LogP contribution in [0.5, 0.6) is 5.75 Å². The van der Waals surface area contributed by atoms with Gasteiger partial charge < -0.3 is 9.83 Å². The fourth-order valence-corrected chi connectivity index (χ4v) is 5.63. The summed E-state index contributed by atoms with van der Waals surface area (Å²) in [7, 11) is 1.71. The smallest absolute Gasteiger partial charge is 0.123 e. The Morgan fingerprint density at radius 2 is 1.57 bits per heavy atom. The van der Waals surface area contributed by atoms with Crippen LogP contribution in [0.4, 0.5) is 0 Å². The van der Waals surface area contributed by atoms with E-state index < -0.39 is 0 Å². The predicted molar refractivity (Wildman–Crippen MR) is 108 cm³/mol. The topological polar surface area (TPSA) is 32.3 Å². The number of rotatable bonds is 2. The molecule has 2 rings (SSSR count). The molecule has 1 unspecified atom stereocenters. The van der Waals surface area contributed by atoms with Crippen LogP contribution in [0.15, 0.2) is 17.0 Å². The minimum Gasteiger partial charge on any atom is -0.507 e. The van der Waals surface area contributed by atoms with Gasteiger partial charge in [-0.1, -0.05) is 48.5 Å². The van der Waals surface area contributed by atoms with Crippen LogP contribution in [-0.4, -0.2) is 11.0 Å². The Balaban J connectivity index is 2.73. The molecule has 23 heavy (non-hydrogen) atoms. The number of hydrogen-bond donors (Lipinski definition) is 2. The lowest BCUT2D eigenvalue weighted by atomic mass is 9.78. The van der Waals surface area contributed by atoms with Crippen LogP contribution < -0.4 is 4.72 Å². The Kier molecular flexibility index (Phi) is 4.99. The van der Waals surface area contributed by atoms with Crippen molar-refractivity contribution in [3.05, 3.63) is 33.7 Å². The number of aromatic hydroxyl groups is 1. The zero-order valence-corrected chi connectivity index (χ0v) is 17.0. The van der Waals surface area contributed by atoms with E-state index in [2.05, 4.69) is 71.2 Å².